The highest BCUT2D eigenvalue weighted by Crippen LogP contribution is 1.76. The van der Waals surface area contributed by atoms with Gasteiger partial charge in [0.05, 0.1) is 19.0 Å². The summed E-state index contributed by atoms with van der Waals surface area (Å²) in [5, 5.41) is 8.14. The number of nitriles is 1. The third kappa shape index (κ3) is 8.57. The van der Waals surface area contributed by atoms with Gasteiger partial charge in [0.15, 0.2) is 0 Å². The topological polar surface area (TPSA) is 48.5 Å². The van der Waals surface area contributed by atoms with E-state index in [9.17, 15) is 0 Å². The van der Waals surface area contributed by atoms with Gasteiger partial charge in [0, 0.05) is 18.6 Å². The van der Waals surface area contributed by atoms with Crippen molar-refractivity contribution in [3.05, 3.63) is 12.3 Å². The van der Waals surface area contributed by atoms with E-state index in [4.69, 9.17) is 5.26 Å². The lowest BCUT2D eigenvalue weighted by Crippen LogP contribution is -1.75. The van der Waals surface area contributed by atoms with E-state index in [0.29, 0.717) is 13.0 Å². The molecule has 0 spiro atoms. The van der Waals surface area contributed by atoms with Gasteiger partial charge in [0.1, 0.15) is 0 Å². The molecule has 0 aromatic heterocycles. The first-order valence-corrected chi connectivity index (χ1v) is 3.41. The van der Waals surface area contributed by atoms with Crippen molar-refractivity contribution in [3.8, 4) is 6.07 Å². The first-order chi connectivity index (χ1) is 5.41. The molecule has 0 aliphatic rings. The van der Waals surface area contributed by atoms with E-state index in [2.05, 4.69) is 9.98 Å². The van der Waals surface area contributed by atoms with E-state index in [-0.39, 0.29) is 0 Å². The van der Waals surface area contributed by atoms with E-state index in [0.717, 1.165) is 0 Å². The maximum Gasteiger partial charge on any atom is 0.0641 e. The average molecular weight is 149 g/mol. The van der Waals surface area contributed by atoms with Gasteiger partial charge in [0.2, 0.25) is 0 Å². The Bertz CT molecular complexity index is 196. The highest BCUT2D eigenvalue weighted by Gasteiger charge is 1.73. The van der Waals surface area contributed by atoms with Crippen LogP contribution in [0.15, 0.2) is 22.3 Å². The van der Waals surface area contributed by atoms with Crippen molar-refractivity contribution in [2.45, 2.75) is 13.3 Å². The minimum atomic E-state index is 0.474. The summed E-state index contributed by atoms with van der Waals surface area (Å²) in [5.41, 5.74) is 0. The molecule has 0 aliphatic heterocycles. The van der Waals surface area contributed by atoms with E-state index in [1.807, 2.05) is 13.0 Å². The van der Waals surface area contributed by atoms with Crippen molar-refractivity contribution in [3.63, 3.8) is 0 Å². The van der Waals surface area contributed by atoms with Gasteiger partial charge in [-0.2, -0.15) is 5.26 Å². The van der Waals surface area contributed by atoms with Crippen molar-refractivity contribution in [1.29, 1.82) is 5.26 Å². The first kappa shape index (κ1) is 9.57. The lowest BCUT2D eigenvalue weighted by molar-refractivity contribution is 1.02. The molecule has 58 valence electrons. The summed E-state index contributed by atoms with van der Waals surface area (Å²) in [7, 11) is 0. The molecule has 0 saturated carbocycles. The predicted octanol–water partition coefficient (Wildman–Crippen LogP) is 1.58. The molecule has 0 atom stereocenters. The van der Waals surface area contributed by atoms with Gasteiger partial charge < -0.3 is 0 Å². The van der Waals surface area contributed by atoms with Crippen LogP contribution in [0.3, 0.4) is 0 Å². The number of rotatable bonds is 4. The van der Waals surface area contributed by atoms with Gasteiger partial charge in [-0.3, -0.25) is 9.98 Å². The minimum Gasteiger partial charge on any atom is -0.292 e. The highest BCUT2D eigenvalue weighted by molar-refractivity contribution is 5.71. The van der Waals surface area contributed by atoms with Crippen LogP contribution >= 0.6 is 0 Å². The van der Waals surface area contributed by atoms with Crippen LogP contribution < -0.4 is 0 Å². The molecule has 3 heteroatoms. The molecule has 0 saturated heterocycles. The second kappa shape index (κ2) is 8.57. The zero-order valence-corrected chi connectivity index (χ0v) is 6.57. The Morgan fingerprint density at radius 2 is 2.36 bits per heavy atom. The van der Waals surface area contributed by atoms with E-state index in [1.54, 1.807) is 24.7 Å². The zero-order chi connectivity index (χ0) is 8.36. The molecule has 0 aromatic rings. The van der Waals surface area contributed by atoms with E-state index < -0.39 is 0 Å². The molecular formula is C8H11N3. The van der Waals surface area contributed by atoms with Crippen molar-refractivity contribution in [1.82, 2.24) is 0 Å². The van der Waals surface area contributed by atoms with E-state index in [1.165, 1.54) is 0 Å². The van der Waals surface area contributed by atoms with Gasteiger partial charge in [-0.15, -0.1) is 0 Å². The number of aliphatic imine (C=N–C) groups is 2. The van der Waals surface area contributed by atoms with Gasteiger partial charge in [-0.1, -0.05) is 0 Å². The molecule has 0 amide bonds. The van der Waals surface area contributed by atoms with Crippen LogP contribution in [0.1, 0.15) is 13.3 Å². The second-order valence-electron chi connectivity index (χ2n) is 1.71. The molecule has 0 aliphatic carbocycles. The van der Waals surface area contributed by atoms with Gasteiger partial charge in [-0.25, -0.2) is 0 Å². The molecule has 0 radical (unpaired) electrons. The Morgan fingerprint density at radius 3 is 3.00 bits per heavy atom. The fourth-order valence-corrected chi connectivity index (χ4v) is 0.424. The molecule has 0 N–H and O–H groups in total. The van der Waals surface area contributed by atoms with Crippen molar-refractivity contribution < 1.29 is 0 Å². The Morgan fingerprint density at radius 1 is 1.55 bits per heavy atom. The summed E-state index contributed by atoms with van der Waals surface area (Å²) < 4.78 is 0. The summed E-state index contributed by atoms with van der Waals surface area (Å²) in [6, 6.07) is 2.00. The summed E-state index contributed by atoms with van der Waals surface area (Å²) in [4.78, 5) is 7.75. The monoisotopic (exact) mass is 149 g/mol. The molecular weight excluding hydrogens is 138 g/mol. The Labute approximate surface area is 66.8 Å². The van der Waals surface area contributed by atoms with Crippen LogP contribution in [-0.2, 0) is 0 Å². The van der Waals surface area contributed by atoms with Crippen molar-refractivity contribution >= 4 is 12.4 Å². The number of hydrogen-bond donors (Lipinski definition) is 0. The van der Waals surface area contributed by atoms with Crippen LogP contribution in [0.5, 0.6) is 0 Å². The Hall–Kier alpha value is -1.43. The third-order valence-electron chi connectivity index (χ3n) is 0.865. The van der Waals surface area contributed by atoms with Crippen LogP contribution in [0.2, 0.25) is 0 Å². The number of allylic oxidation sites excluding steroid dienone is 1. The molecule has 0 unspecified atom stereocenters. The van der Waals surface area contributed by atoms with Gasteiger partial charge >= 0.3 is 0 Å². The molecule has 11 heavy (non-hydrogen) atoms. The van der Waals surface area contributed by atoms with Crippen LogP contribution in [0.4, 0.5) is 0 Å². The van der Waals surface area contributed by atoms with Gasteiger partial charge in [-0.05, 0) is 13.0 Å². The fraction of sp³-hybridized carbons (Fsp3) is 0.375. The zero-order valence-electron chi connectivity index (χ0n) is 6.57. The van der Waals surface area contributed by atoms with Crippen molar-refractivity contribution in [2.24, 2.45) is 9.98 Å². The first-order valence-electron chi connectivity index (χ1n) is 3.41. The largest absolute Gasteiger partial charge is 0.292 e. The maximum atomic E-state index is 8.14. The molecule has 0 rings (SSSR count). The predicted molar refractivity (Wildman–Crippen MR) is 46.9 cm³/mol. The lowest BCUT2D eigenvalue weighted by atomic mass is 10.5. The van der Waals surface area contributed by atoms with Crippen molar-refractivity contribution in [2.75, 3.05) is 6.54 Å². The minimum absolute atomic E-state index is 0.474. The SMILES string of the molecule is CC=N/C=C\C=NCCC#N. The van der Waals surface area contributed by atoms with E-state index >= 15 is 0 Å². The highest BCUT2D eigenvalue weighted by atomic mass is 14.7. The summed E-state index contributed by atoms with van der Waals surface area (Å²) in [5.74, 6) is 0. The maximum absolute atomic E-state index is 8.14. The fourth-order valence-electron chi connectivity index (χ4n) is 0.424. The summed E-state index contributed by atoms with van der Waals surface area (Å²) in [6.45, 7) is 2.41. The number of hydrogen-bond acceptors (Lipinski definition) is 3. The summed E-state index contributed by atoms with van der Waals surface area (Å²) in [6.07, 6.45) is 7.19. The molecule has 0 fully saturated rings. The van der Waals surface area contributed by atoms with Crippen LogP contribution in [0.25, 0.3) is 0 Å². The quantitative estimate of drug-likeness (QED) is 0.442. The normalized spacial score (nSPS) is 11.6. The molecule has 0 heterocycles. The molecule has 3 nitrogen and oxygen atoms in total. The molecule has 0 aromatic carbocycles. The average Bonchev–Trinajstić information content (AvgIpc) is 2.03. The Kier molecular flexibility index (Phi) is 7.46. The van der Waals surface area contributed by atoms with Crippen LogP contribution in [-0.4, -0.2) is 19.0 Å². The molecule has 0 bridgehead atoms. The third-order valence-corrected chi connectivity index (χ3v) is 0.865. The number of nitrogens with zero attached hydrogens (tertiary/aromatic N) is 3. The second-order valence-corrected chi connectivity index (χ2v) is 1.71. The van der Waals surface area contributed by atoms with Crippen LogP contribution in [0, 0.1) is 11.3 Å². The smallest absolute Gasteiger partial charge is 0.0641 e. The lowest BCUT2D eigenvalue weighted by Gasteiger charge is -1.78. The van der Waals surface area contributed by atoms with Gasteiger partial charge in [0.25, 0.3) is 0 Å². The Balaban J connectivity index is 3.37. The summed E-state index contributed by atoms with van der Waals surface area (Å²) >= 11 is 0. The standard InChI is InChI=1S/C8H11N3/c1-2-10-7-4-8-11-6-3-5-9/h2,4,7-8H,3,6H2,1H3/b7-4-,10-2?,11-8?.